The van der Waals surface area contributed by atoms with Crippen LogP contribution in [0.5, 0.6) is 0 Å². The van der Waals surface area contributed by atoms with E-state index >= 15 is 0 Å². The van der Waals surface area contributed by atoms with Gasteiger partial charge in [-0.2, -0.15) is 0 Å². The third-order valence-electron chi connectivity index (χ3n) is 3.47. The molecule has 0 fully saturated rings. The molecule has 4 heteroatoms. The minimum absolute atomic E-state index is 0.0568. The van der Waals surface area contributed by atoms with Gasteiger partial charge in [0.2, 0.25) is 0 Å². The summed E-state index contributed by atoms with van der Waals surface area (Å²) in [5.41, 5.74) is 8.27. The van der Waals surface area contributed by atoms with Gasteiger partial charge >= 0.3 is 0 Å². The average molecular weight is 329 g/mol. The highest BCUT2D eigenvalue weighted by Gasteiger charge is 2.16. The molecule has 1 rings (SSSR count). The molecule has 0 aliphatic heterocycles. The molecule has 0 saturated carbocycles. The zero-order valence-electron chi connectivity index (χ0n) is 12.3. The average Bonchev–Trinajstić information content (AvgIpc) is 2.39. The van der Waals surface area contributed by atoms with Crippen LogP contribution in [0, 0.1) is 0 Å². The summed E-state index contributed by atoms with van der Waals surface area (Å²) in [6, 6.07) is 6.90. The Kier molecular flexibility index (Phi) is 6.83. The Morgan fingerprint density at radius 1 is 1.37 bits per heavy atom. The van der Waals surface area contributed by atoms with Crippen LogP contribution in [0.15, 0.2) is 22.7 Å². The third-order valence-corrected chi connectivity index (χ3v) is 4.10. The van der Waals surface area contributed by atoms with Gasteiger partial charge in [-0.05, 0) is 53.9 Å². The van der Waals surface area contributed by atoms with Gasteiger partial charge in [-0.1, -0.05) is 13.0 Å². The van der Waals surface area contributed by atoms with E-state index in [9.17, 15) is 0 Å². The number of anilines is 1. The molecule has 0 radical (unpaired) electrons. The van der Waals surface area contributed by atoms with E-state index in [2.05, 4.69) is 52.9 Å². The number of hydrogen-bond donors (Lipinski definition) is 1. The molecule has 2 N–H and O–H groups in total. The second-order valence-electron chi connectivity index (χ2n) is 4.94. The van der Waals surface area contributed by atoms with E-state index in [1.54, 1.807) is 7.11 Å². The van der Waals surface area contributed by atoms with Crippen LogP contribution in [0.3, 0.4) is 0 Å². The van der Waals surface area contributed by atoms with Crippen molar-refractivity contribution in [2.75, 3.05) is 25.2 Å². The maximum absolute atomic E-state index is 5.92. The van der Waals surface area contributed by atoms with E-state index in [1.165, 1.54) is 5.69 Å². The summed E-state index contributed by atoms with van der Waals surface area (Å²) in [6.07, 6.45) is 1.10. The molecule has 1 aromatic carbocycles. The smallest absolute Gasteiger partial charge is 0.0637 e. The fourth-order valence-electron chi connectivity index (χ4n) is 2.03. The quantitative estimate of drug-likeness (QED) is 0.829. The van der Waals surface area contributed by atoms with E-state index in [0.29, 0.717) is 6.04 Å². The van der Waals surface area contributed by atoms with Crippen LogP contribution in [-0.2, 0) is 4.74 Å². The molecule has 19 heavy (non-hydrogen) atoms. The monoisotopic (exact) mass is 328 g/mol. The van der Waals surface area contributed by atoms with Gasteiger partial charge in [-0.25, -0.2) is 0 Å². The minimum atomic E-state index is 0.0568. The number of halogens is 1. The van der Waals surface area contributed by atoms with Crippen LogP contribution < -0.4 is 10.6 Å². The predicted octanol–water partition coefficient (Wildman–Crippen LogP) is 3.72. The molecular formula is C15H25BrN2O. The van der Waals surface area contributed by atoms with Crippen LogP contribution in [0.1, 0.15) is 38.8 Å². The Labute approximate surface area is 125 Å². The van der Waals surface area contributed by atoms with Crippen molar-refractivity contribution in [1.29, 1.82) is 0 Å². The molecule has 0 spiro atoms. The van der Waals surface area contributed by atoms with Crippen molar-refractivity contribution in [2.24, 2.45) is 5.73 Å². The summed E-state index contributed by atoms with van der Waals surface area (Å²) in [6.45, 7) is 8.06. The first kappa shape index (κ1) is 16.5. The molecule has 0 aliphatic rings. The molecule has 1 aromatic rings. The normalized spacial score (nSPS) is 14.2. The zero-order chi connectivity index (χ0) is 14.4. The van der Waals surface area contributed by atoms with Crippen molar-refractivity contribution < 1.29 is 4.74 Å². The summed E-state index contributed by atoms with van der Waals surface area (Å²) in [5, 5.41) is 0. The minimum Gasteiger partial charge on any atom is -0.383 e. The number of benzene rings is 1. The molecule has 0 amide bonds. The molecule has 108 valence electrons. The fraction of sp³-hybridized carbons (Fsp3) is 0.600. The predicted molar refractivity (Wildman–Crippen MR) is 85.7 cm³/mol. The van der Waals surface area contributed by atoms with Gasteiger partial charge in [0.1, 0.15) is 0 Å². The van der Waals surface area contributed by atoms with Gasteiger partial charge in [-0.15, -0.1) is 0 Å². The van der Waals surface area contributed by atoms with Crippen LogP contribution in [-0.4, -0.2) is 26.3 Å². The van der Waals surface area contributed by atoms with E-state index < -0.39 is 0 Å². The van der Waals surface area contributed by atoms with Gasteiger partial charge in [0.05, 0.1) is 12.3 Å². The van der Waals surface area contributed by atoms with E-state index in [4.69, 9.17) is 10.5 Å². The van der Waals surface area contributed by atoms with Crippen LogP contribution in [0.4, 0.5) is 5.69 Å². The summed E-state index contributed by atoms with van der Waals surface area (Å²) in [5.74, 6) is 0. The van der Waals surface area contributed by atoms with Crippen molar-refractivity contribution >= 4 is 21.6 Å². The summed E-state index contributed by atoms with van der Waals surface area (Å²) in [4.78, 5) is 2.37. The van der Waals surface area contributed by atoms with Crippen molar-refractivity contribution in [2.45, 2.75) is 39.3 Å². The molecule has 1 unspecified atom stereocenters. The van der Waals surface area contributed by atoms with Gasteiger partial charge in [0.25, 0.3) is 0 Å². The lowest BCUT2D eigenvalue weighted by atomic mass is 10.1. The maximum Gasteiger partial charge on any atom is 0.0637 e. The van der Waals surface area contributed by atoms with E-state index in [0.717, 1.165) is 29.6 Å². The van der Waals surface area contributed by atoms with Crippen LogP contribution >= 0.6 is 15.9 Å². The second-order valence-corrected chi connectivity index (χ2v) is 5.80. The lowest BCUT2D eigenvalue weighted by Gasteiger charge is -2.31. The highest BCUT2D eigenvalue weighted by Crippen LogP contribution is 2.30. The van der Waals surface area contributed by atoms with Gasteiger partial charge < -0.3 is 15.4 Å². The van der Waals surface area contributed by atoms with Gasteiger partial charge in [0.15, 0.2) is 0 Å². The standard InChI is InChI=1S/C15H25BrN2O/c1-5-11(2)18(8-9-19-4)15-7-6-13(12(3)17)10-14(15)16/h6-7,10-12H,5,8-9,17H2,1-4H3/t11?,12-/m0/s1. The largest absolute Gasteiger partial charge is 0.383 e. The summed E-state index contributed by atoms with van der Waals surface area (Å²) in [7, 11) is 1.74. The lowest BCUT2D eigenvalue weighted by molar-refractivity contribution is 0.203. The summed E-state index contributed by atoms with van der Waals surface area (Å²) >= 11 is 3.67. The first-order valence-electron chi connectivity index (χ1n) is 6.81. The van der Waals surface area contributed by atoms with Crippen molar-refractivity contribution in [1.82, 2.24) is 0 Å². The molecule has 0 aromatic heterocycles. The van der Waals surface area contributed by atoms with E-state index in [1.807, 2.05) is 6.92 Å². The Balaban J connectivity index is 3.01. The highest BCUT2D eigenvalue weighted by molar-refractivity contribution is 9.10. The zero-order valence-corrected chi connectivity index (χ0v) is 13.9. The molecular weight excluding hydrogens is 304 g/mol. The second kappa shape index (κ2) is 7.88. The van der Waals surface area contributed by atoms with Crippen LogP contribution in [0.25, 0.3) is 0 Å². The number of nitrogens with zero attached hydrogens (tertiary/aromatic N) is 1. The highest BCUT2D eigenvalue weighted by atomic mass is 79.9. The van der Waals surface area contributed by atoms with E-state index in [-0.39, 0.29) is 6.04 Å². The summed E-state index contributed by atoms with van der Waals surface area (Å²) < 4.78 is 6.31. The number of ether oxygens (including phenoxy) is 1. The number of rotatable bonds is 7. The Bertz CT molecular complexity index is 396. The number of nitrogens with two attached hydrogens (primary N) is 1. The molecule has 0 aliphatic carbocycles. The first-order valence-corrected chi connectivity index (χ1v) is 7.61. The Morgan fingerprint density at radius 2 is 2.05 bits per heavy atom. The fourth-order valence-corrected chi connectivity index (χ4v) is 2.65. The Hall–Kier alpha value is -0.580. The Morgan fingerprint density at radius 3 is 2.53 bits per heavy atom. The van der Waals surface area contributed by atoms with Gasteiger partial charge in [0, 0.05) is 30.2 Å². The van der Waals surface area contributed by atoms with Crippen molar-refractivity contribution in [3.8, 4) is 0 Å². The molecule has 2 atom stereocenters. The van der Waals surface area contributed by atoms with Crippen molar-refractivity contribution in [3.63, 3.8) is 0 Å². The van der Waals surface area contributed by atoms with Crippen LogP contribution in [0.2, 0.25) is 0 Å². The van der Waals surface area contributed by atoms with Gasteiger partial charge in [-0.3, -0.25) is 0 Å². The molecule has 0 heterocycles. The molecule has 3 nitrogen and oxygen atoms in total. The number of methoxy groups -OCH3 is 1. The topological polar surface area (TPSA) is 38.5 Å². The molecule has 0 bridgehead atoms. The first-order chi connectivity index (χ1) is 9.01. The lowest BCUT2D eigenvalue weighted by Crippen LogP contribution is -2.35. The SMILES string of the molecule is CCC(C)N(CCOC)c1ccc([C@H](C)N)cc1Br. The third kappa shape index (κ3) is 4.48. The van der Waals surface area contributed by atoms with Crippen molar-refractivity contribution in [3.05, 3.63) is 28.2 Å². The maximum atomic E-state index is 5.92. The molecule has 0 saturated heterocycles. The number of hydrogen-bond acceptors (Lipinski definition) is 3.